The first-order chi connectivity index (χ1) is 12.5. The van der Waals surface area contributed by atoms with Gasteiger partial charge in [-0.1, -0.05) is 89.9 Å². The van der Waals surface area contributed by atoms with Crippen LogP contribution in [0.5, 0.6) is 0 Å². The van der Waals surface area contributed by atoms with E-state index in [1.165, 1.54) is 83.5 Å². The molecular weight excluding hydrogens is 324 g/mol. The van der Waals surface area contributed by atoms with E-state index < -0.39 is 0 Å². The second kappa shape index (κ2) is 17.8. The number of esters is 1. The van der Waals surface area contributed by atoms with Gasteiger partial charge in [-0.2, -0.15) is 0 Å². The van der Waals surface area contributed by atoms with E-state index in [0.717, 1.165) is 19.3 Å². The zero-order valence-electron chi connectivity index (χ0n) is 18.0. The summed E-state index contributed by atoms with van der Waals surface area (Å²) in [5.74, 6) is -0.0531. The lowest BCUT2D eigenvalue weighted by atomic mass is 10.0. The second-order valence-electron chi connectivity index (χ2n) is 8.72. The van der Waals surface area contributed by atoms with Gasteiger partial charge in [-0.3, -0.25) is 4.79 Å². The Morgan fingerprint density at radius 1 is 0.615 bits per heavy atom. The molecule has 0 atom stereocenters. The average Bonchev–Trinajstić information content (AvgIpc) is 2.56. The molecule has 0 heterocycles. The molecule has 3 nitrogen and oxygen atoms in total. The van der Waals surface area contributed by atoms with Gasteiger partial charge >= 0.3 is 5.97 Å². The lowest BCUT2D eigenvalue weighted by molar-refractivity contribution is -0.154. The van der Waals surface area contributed by atoms with E-state index in [1.807, 2.05) is 20.8 Å². The maximum Gasteiger partial charge on any atom is 0.306 e. The first kappa shape index (κ1) is 25.4. The normalized spacial score (nSPS) is 11.7. The number of unbranched alkanes of at least 4 members (excludes halogenated alkanes) is 15. The molecular formula is C23H46O3. The van der Waals surface area contributed by atoms with E-state index >= 15 is 0 Å². The van der Waals surface area contributed by atoms with Crippen LogP contribution in [0.2, 0.25) is 0 Å². The van der Waals surface area contributed by atoms with Gasteiger partial charge in [0, 0.05) is 13.0 Å². The van der Waals surface area contributed by atoms with Gasteiger partial charge in [0.1, 0.15) is 5.60 Å². The Morgan fingerprint density at radius 2 is 0.923 bits per heavy atom. The van der Waals surface area contributed by atoms with Crippen LogP contribution < -0.4 is 0 Å². The van der Waals surface area contributed by atoms with Gasteiger partial charge in [0.05, 0.1) is 0 Å². The highest BCUT2D eigenvalue weighted by atomic mass is 16.6. The fraction of sp³-hybridized carbons (Fsp3) is 0.957. The molecule has 156 valence electrons. The molecule has 0 radical (unpaired) electrons. The molecule has 0 aliphatic heterocycles. The van der Waals surface area contributed by atoms with Crippen LogP contribution in [0.3, 0.4) is 0 Å². The fourth-order valence-electron chi connectivity index (χ4n) is 3.25. The maximum atomic E-state index is 11.6. The Balaban J connectivity index is 3.12. The molecule has 0 unspecified atom stereocenters. The maximum absolute atomic E-state index is 11.6. The van der Waals surface area contributed by atoms with Crippen LogP contribution in [0.1, 0.15) is 130 Å². The Labute approximate surface area is 163 Å². The zero-order chi connectivity index (χ0) is 19.5. The molecule has 0 rings (SSSR count). The van der Waals surface area contributed by atoms with Gasteiger partial charge in [-0.25, -0.2) is 0 Å². The van der Waals surface area contributed by atoms with E-state index in [9.17, 15) is 4.79 Å². The molecule has 0 aromatic heterocycles. The van der Waals surface area contributed by atoms with Crippen LogP contribution >= 0.6 is 0 Å². The van der Waals surface area contributed by atoms with Crippen LogP contribution in [-0.4, -0.2) is 23.3 Å². The first-order valence-corrected chi connectivity index (χ1v) is 11.3. The Bertz CT molecular complexity index is 307. The smallest absolute Gasteiger partial charge is 0.306 e. The molecule has 0 saturated carbocycles. The Kier molecular flexibility index (Phi) is 17.4. The van der Waals surface area contributed by atoms with Crippen LogP contribution in [0.4, 0.5) is 0 Å². The van der Waals surface area contributed by atoms with Gasteiger partial charge < -0.3 is 9.84 Å². The van der Waals surface area contributed by atoms with Crippen LogP contribution in [0, 0.1) is 0 Å². The molecule has 0 fully saturated rings. The van der Waals surface area contributed by atoms with Crippen LogP contribution in [0.25, 0.3) is 0 Å². The Hall–Kier alpha value is -0.570. The summed E-state index contributed by atoms with van der Waals surface area (Å²) < 4.78 is 5.32. The van der Waals surface area contributed by atoms with Crippen LogP contribution in [-0.2, 0) is 9.53 Å². The first-order valence-electron chi connectivity index (χ1n) is 11.3. The number of aliphatic hydroxyl groups is 1. The highest BCUT2D eigenvalue weighted by molar-refractivity contribution is 5.69. The van der Waals surface area contributed by atoms with Crippen LogP contribution in [0.15, 0.2) is 0 Å². The van der Waals surface area contributed by atoms with Gasteiger partial charge in [-0.05, 0) is 33.6 Å². The summed E-state index contributed by atoms with van der Waals surface area (Å²) in [7, 11) is 0. The minimum atomic E-state index is -0.350. The summed E-state index contributed by atoms with van der Waals surface area (Å²) in [6.07, 6.45) is 21.1. The summed E-state index contributed by atoms with van der Waals surface area (Å²) in [5, 5.41) is 8.72. The quantitative estimate of drug-likeness (QED) is 0.210. The van der Waals surface area contributed by atoms with E-state index in [-0.39, 0.29) is 11.6 Å². The standard InChI is InChI=1S/C23H46O3/c1-23(2,3)26-22(25)20-18-16-14-12-10-8-6-4-5-7-9-11-13-15-17-19-21-24/h24H,4-21H2,1-3H3. The number of rotatable bonds is 18. The lowest BCUT2D eigenvalue weighted by Crippen LogP contribution is -2.23. The molecule has 26 heavy (non-hydrogen) atoms. The summed E-state index contributed by atoms with van der Waals surface area (Å²) in [4.78, 5) is 11.6. The van der Waals surface area contributed by atoms with Crippen molar-refractivity contribution >= 4 is 5.97 Å². The van der Waals surface area contributed by atoms with Crippen molar-refractivity contribution in [3.63, 3.8) is 0 Å². The molecule has 0 aliphatic carbocycles. The number of hydrogen-bond acceptors (Lipinski definition) is 3. The topological polar surface area (TPSA) is 46.5 Å². The molecule has 0 amide bonds. The largest absolute Gasteiger partial charge is 0.460 e. The monoisotopic (exact) mass is 370 g/mol. The van der Waals surface area contributed by atoms with E-state index in [1.54, 1.807) is 0 Å². The van der Waals surface area contributed by atoms with Crippen molar-refractivity contribution in [3.05, 3.63) is 0 Å². The summed E-state index contributed by atoms with van der Waals surface area (Å²) in [5.41, 5.74) is -0.350. The van der Waals surface area contributed by atoms with Gasteiger partial charge in [-0.15, -0.1) is 0 Å². The molecule has 0 bridgehead atoms. The van der Waals surface area contributed by atoms with Gasteiger partial charge in [0.2, 0.25) is 0 Å². The molecule has 0 saturated heterocycles. The predicted molar refractivity (Wildman–Crippen MR) is 111 cm³/mol. The summed E-state index contributed by atoms with van der Waals surface area (Å²) in [6, 6.07) is 0. The SMILES string of the molecule is CC(C)(C)OC(=O)CCCCCCCCCCCCCCCCCCO. The van der Waals surface area contributed by atoms with Gasteiger partial charge in [0.25, 0.3) is 0 Å². The molecule has 0 aliphatic rings. The second-order valence-corrected chi connectivity index (χ2v) is 8.72. The van der Waals surface area contributed by atoms with Crippen molar-refractivity contribution in [2.75, 3.05) is 6.61 Å². The highest BCUT2D eigenvalue weighted by Crippen LogP contribution is 2.15. The molecule has 0 aromatic rings. The third-order valence-electron chi connectivity index (χ3n) is 4.71. The van der Waals surface area contributed by atoms with Crippen molar-refractivity contribution in [1.82, 2.24) is 0 Å². The minimum absolute atomic E-state index is 0.0531. The number of carbonyl (C=O) groups is 1. The van der Waals surface area contributed by atoms with Crippen molar-refractivity contribution in [2.24, 2.45) is 0 Å². The highest BCUT2D eigenvalue weighted by Gasteiger charge is 2.15. The van der Waals surface area contributed by atoms with Crippen molar-refractivity contribution < 1.29 is 14.6 Å². The van der Waals surface area contributed by atoms with E-state index in [2.05, 4.69) is 0 Å². The third kappa shape index (κ3) is 21.5. The number of carbonyl (C=O) groups excluding carboxylic acids is 1. The summed E-state index contributed by atoms with van der Waals surface area (Å²) >= 11 is 0. The van der Waals surface area contributed by atoms with Crippen molar-refractivity contribution in [2.45, 2.75) is 136 Å². The predicted octanol–water partition coefficient (Wildman–Crippen LogP) is 6.95. The Morgan fingerprint density at radius 3 is 1.23 bits per heavy atom. The minimum Gasteiger partial charge on any atom is -0.460 e. The molecule has 0 spiro atoms. The zero-order valence-corrected chi connectivity index (χ0v) is 18.0. The summed E-state index contributed by atoms with van der Waals surface area (Å²) in [6.45, 7) is 6.12. The molecule has 1 N–H and O–H groups in total. The van der Waals surface area contributed by atoms with E-state index in [0.29, 0.717) is 13.0 Å². The molecule has 3 heteroatoms. The fourth-order valence-corrected chi connectivity index (χ4v) is 3.25. The molecule has 0 aromatic carbocycles. The third-order valence-corrected chi connectivity index (χ3v) is 4.71. The van der Waals surface area contributed by atoms with Crippen molar-refractivity contribution in [1.29, 1.82) is 0 Å². The average molecular weight is 371 g/mol. The van der Waals surface area contributed by atoms with Crippen molar-refractivity contribution in [3.8, 4) is 0 Å². The van der Waals surface area contributed by atoms with Gasteiger partial charge in [0.15, 0.2) is 0 Å². The van der Waals surface area contributed by atoms with E-state index in [4.69, 9.17) is 9.84 Å². The number of ether oxygens (including phenoxy) is 1. The lowest BCUT2D eigenvalue weighted by Gasteiger charge is -2.19. The number of hydrogen-bond donors (Lipinski definition) is 1. The number of aliphatic hydroxyl groups excluding tert-OH is 1.